The monoisotopic (exact) mass is 299 g/mol. The normalized spacial score (nSPS) is 37.0. The summed E-state index contributed by atoms with van der Waals surface area (Å²) in [6.07, 6.45) is 8.19. The molecule has 2 N–H and O–H groups in total. The van der Waals surface area contributed by atoms with Crippen molar-refractivity contribution in [3.8, 4) is 5.75 Å². The van der Waals surface area contributed by atoms with Crippen LogP contribution in [-0.4, -0.2) is 17.1 Å². The number of hydrogen-bond donors (Lipinski definition) is 2. The van der Waals surface area contributed by atoms with E-state index in [2.05, 4.69) is 12.2 Å². The van der Waals surface area contributed by atoms with Crippen LogP contribution in [0.5, 0.6) is 5.75 Å². The third kappa shape index (κ3) is 2.31. The lowest BCUT2D eigenvalue weighted by Crippen LogP contribution is -2.55. The van der Waals surface area contributed by atoms with Gasteiger partial charge < -0.3 is 10.4 Å². The minimum absolute atomic E-state index is 0.0109. The quantitative estimate of drug-likeness (QED) is 0.893. The highest BCUT2D eigenvalue weighted by Crippen LogP contribution is 2.61. The molecule has 1 amide bonds. The standard InChI is InChI=1S/C19H25NO2/c1-12(20-18(22)16-2-4-17(21)5-3-16)19-9-13-6-14(10-19)8-15(7-13)11-19/h2-5,12-15,21H,6-11H2,1H3,(H,20,22)/t12-,13?,14?,15?,19?/m1/s1. The van der Waals surface area contributed by atoms with Crippen molar-refractivity contribution in [2.75, 3.05) is 0 Å². The maximum atomic E-state index is 12.5. The number of amides is 1. The lowest BCUT2D eigenvalue weighted by atomic mass is 9.48. The summed E-state index contributed by atoms with van der Waals surface area (Å²) in [5.41, 5.74) is 0.968. The van der Waals surface area contributed by atoms with Crippen molar-refractivity contribution in [3.05, 3.63) is 29.8 Å². The summed E-state index contributed by atoms with van der Waals surface area (Å²) in [7, 11) is 0. The highest BCUT2D eigenvalue weighted by molar-refractivity contribution is 5.94. The molecular weight excluding hydrogens is 274 g/mol. The number of phenols is 1. The minimum atomic E-state index is -0.0109. The highest BCUT2D eigenvalue weighted by atomic mass is 16.3. The molecule has 0 radical (unpaired) electrons. The Balaban J connectivity index is 1.49. The molecule has 4 saturated carbocycles. The molecule has 0 aromatic heterocycles. The minimum Gasteiger partial charge on any atom is -0.508 e. The van der Waals surface area contributed by atoms with Gasteiger partial charge >= 0.3 is 0 Å². The number of phenolic OH excluding ortho intramolecular Hbond substituents is 1. The number of rotatable bonds is 3. The summed E-state index contributed by atoms with van der Waals surface area (Å²) in [6.45, 7) is 2.20. The predicted molar refractivity (Wildman–Crippen MR) is 85.6 cm³/mol. The van der Waals surface area contributed by atoms with Gasteiger partial charge in [-0.2, -0.15) is 0 Å². The van der Waals surface area contributed by atoms with Gasteiger partial charge in [-0.25, -0.2) is 0 Å². The van der Waals surface area contributed by atoms with Gasteiger partial charge in [0.05, 0.1) is 0 Å². The molecule has 0 saturated heterocycles. The summed E-state index contributed by atoms with van der Waals surface area (Å²) >= 11 is 0. The Morgan fingerprint density at radius 2 is 1.59 bits per heavy atom. The lowest BCUT2D eigenvalue weighted by molar-refractivity contribution is -0.0688. The second-order valence-corrected chi connectivity index (χ2v) is 8.02. The maximum absolute atomic E-state index is 12.5. The summed E-state index contributed by atoms with van der Waals surface area (Å²) in [5.74, 6) is 2.90. The van der Waals surface area contributed by atoms with E-state index in [0.29, 0.717) is 11.0 Å². The van der Waals surface area contributed by atoms with Crippen LogP contribution < -0.4 is 5.32 Å². The van der Waals surface area contributed by atoms with Crippen molar-refractivity contribution in [2.24, 2.45) is 23.2 Å². The number of hydrogen-bond acceptors (Lipinski definition) is 2. The number of nitrogens with one attached hydrogen (secondary N) is 1. The van der Waals surface area contributed by atoms with E-state index in [0.717, 1.165) is 17.8 Å². The molecule has 3 heteroatoms. The Labute approximate surface area is 132 Å². The van der Waals surface area contributed by atoms with Gasteiger partial charge in [-0.05, 0) is 92.9 Å². The van der Waals surface area contributed by atoms with Crippen LogP contribution in [0.2, 0.25) is 0 Å². The van der Waals surface area contributed by atoms with Crippen LogP contribution in [0, 0.1) is 23.2 Å². The fourth-order valence-electron chi connectivity index (χ4n) is 5.75. The van der Waals surface area contributed by atoms with Crippen LogP contribution in [-0.2, 0) is 0 Å². The smallest absolute Gasteiger partial charge is 0.251 e. The summed E-state index contributed by atoms with van der Waals surface area (Å²) in [4.78, 5) is 12.5. The van der Waals surface area contributed by atoms with E-state index >= 15 is 0 Å². The van der Waals surface area contributed by atoms with Crippen LogP contribution in [0.4, 0.5) is 0 Å². The van der Waals surface area contributed by atoms with Gasteiger partial charge in [0.15, 0.2) is 0 Å². The van der Waals surface area contributed by atoms with Crippen LogP contribution in [0.25, 0.3) is 0 Å². The number of aromatic hydroxyl groups is 1. The van der Waals surface area contributed by atoms with Crippen LogP contribution in [0.3, 0.4) is 0 Å². The van der Waals surface area contributed by atoms with E-state index in [1.54, 1.807) is 24.3 Å². The summed E-state index contributed by atoms with van der Waals surface area (Å²) < 4.78 is 0. The fraction of sp³-hybridized carbons (Fsp3) is 0.632. The molecule has 4 aliphatic carbocycles. The molecule has 1 atom stereocenters. The van der Waals surface area contributed by atoms with Crippen molar-refractivity contribution in [2.45, 2.75) is 51.5 Å². The second kappa shape index (κ2) is 5.00. The summed E-state index contributed by atoms with van der Waals surface area (Å²) in [5, 5.41) is 12.6. The molecule has 0 heterocycles. The van der Waals surface area contributed by atoms with E-state index in [9.17, 15) is 9.90 Å². The molecule has 4 aliphatic rings. The zero-order valence-corrected chi connectivity index (χ0v) is 13.2. The fourth-order valence-corrected chi connectivity index (χ4v) is 5.75. The molecule has 5 rings (SSSR count). The third-order valence-electron chi connectivity index (χ3n) is 6.48. The number of carbonyl (C=O) groups excluding carboxylic acids is 1. The molecule has 1 aromatic carbocycles. The van der Waals surface area contributed by atoms with E-state index < -0.39 is 0 Å². The van der Waals surface area contributed by atoms with Gasteiger partial charge in [-0.15, -0.1) is 0 Å². The first-order valence-electron chi connectivity index (χ1n) is 8.64. The van der Waals surface area contributed by atoms with E-state index in [1.807, 2.05) is 0 Å². The first-order chi connectivity index (χ1) is 10.5. The SMILES string of the molecule is C[C@@H](NC(=O)c1ccc(O)cc1)C12CC3CC(CC(C3)C1)C2. The van der Waals surface area contributed by atoms with Crippen LogP contribution >= 0.6 is 0 Å². The van der Waals surface area contributed by atoms with Crippen LogP contribution in [0.1, 0.15) is 55.8 Å². The van der Waals surface area contributed by atoms with Crippen LogP contribution in [0.15, 0.2) is 24.3 Å². The highest BCUT2D eigenvalue weighted by Gasteiger charge is 2.53. The topological polar surface area (TPSA) is 49.3 Å². The van der Waals surface area contributed by atoms with Gasteiger partial charge in [-0.1, -0.05) is 0 Å². The Hall–Kier alpha value is -1.51. The molecule has 4 fully saturated rings. The zero-order chi connectivity index (χ0) is 15.3. The Morgan fingerprint density at radius 3 is 2.09 bits per heavy atom. The Kier molecular flexibility index (Phi) is 3.21. The maximum Gasteiger partial charge on any atom is 0.251 e. The Morgan fingerprint density at radius 1 is 1.09 bits per heavy atom. The molecule has 1 aromatic rings. The molecule has 22 heavy (non-hydrogen) atoms. The van der Waals surface area contributed by atoms with Gasteiger partial charge in [0.2, 0.25) is 0 Å². The third-order valence-corrected chi connectivity index (χ3v) is 6.48. The molecule has 0 aliphatic heterocycles. The molecule has 0 unspecified atom stereocenters. The average Bonchev–Trinajstić information content (AvgIpc) is 2.46. The van der Waals surface area contributed by atoms with Crippen molar-refractivity contribution < 1.29 is 9.90 Å². The molecule has 3 nitrogen and oxygen atoms in total. The van der Waals surface area contributed by atoms with E-state index in [4.69, 9.17) is 0 Å². The number of carbonyl (C=O) groups is 1. The average molecular weight is 299 g/mol. The van der Waals surface area contributed by atoms with Gasteiger partial charge in [0.25, 0.3) is 5.91 Å². The van der Waals surface area contributed by atoms with Crippen molar-refractivity contribution in [3.63, 3.8) is 0 Å². The molecular formula is C19H25NO2. The zero-order valence-electron chi connectivity index (χ0n) is 13.2. The largest absolute Gasteiger partial charge is 0.508 e. The van der Waals surface area contributed by atoms with Crippen molar-refractivity contribution >= 4 is 5.91 Å². The van der Waals surface area contributed by atoms with E-state index in [-0.39, 0.29) is 17.7 Å². The molecule has 0 spiro atoms. The second-order valence-electron chi connectivity index (χ2n) is 8.02. The first-order valence-corrected chi connectivity index (χ1v) is 8.64. The number of benzene rings is 1. The predicted octanol–water partition coefficient (Wildman–Crippen LogP) is 3.73. The molecule has 118 valence electrons. The van der Waals surface area contributed by atoms with E-state index in [1.165, 1.54) is 38.5 Å². The van der Waals surface area contributed by atoms with Crippen molar-refractivity contribution in [1.29, 1.82) is 0 Å². The van der Waals surface area contributed by atoms with Gasteiger partial charge in [-0.3, -0.25) is 4.79 Å². The molecule has 4 bridgehead atoms. The first kappa shape index (κ1) is 14.1. The lowest BCUT2D eigenvalue weighted by Gasteiger charge is -2.59. The summed E-state index contributed by atoms with van der Waals surface area (Å²) in [6, 6.07) is 6.77. The van der Waals surface area contributed by atoms with Gasteiger partial charge in [0.1, 0.15) is 5.75 Å². The van der Waals surface area contributed by atoms with Crippen molar-refractivity contribution in [1.82, 2.24) is 5.32 Å². The Bertz CT molecular complexity index is 542. The van der Waals surface area contributed by atoms with Gasteiger partial charge in [0, 0.05) is 11.6 Å².